The number of aryl methyl sites for hydroxylation is 1. The molecule has 8 nitrogen and oxygen atoms in total. The van der Waals surface area contributed by atoms with Gasteiger partial charge in [-0.2, -0.15) is 5.10 Å². The van der Waals surface area contributed by atoms with E-state index in [1.165, 1.54) is 5.56 Å². The Morgan fingerprint density at radius 3 is 2.81 bits per heavy atom. The average molecular weight is 414 g/mol. The molecule has 0 unspecified atom stereocenters. The van der Waals surface area contributed by atoms with E-state index in [2.05, 4.69) is 25.4 Å². The van der Waals surface area contributed by atoms with Gasteiger partial charge in [0.25, 0.3) is 11.9 Å². The van der Waals surface area contributed by atoms with E-state index in [-0.39, 0.29) is 5.91 Å². The number of carbonyl (C=O) groups is 1. The van der Waals surface area contributed by atoms with Crippen LogP contribution in [0.2, 0.25) is 0 Å². The standard InChI is InChI=1S/C23H22N6O2/c30-22(25-10-1-3-16-7-11-24-12-8-16)18-15-27-29(21(18)17-5-6-17)23-26-13-9-19(28-23)20-4-2-14-31-20/h2,4,7-9,11-15,17H,1,3,5-6,10H2,(H,25,30). The third kappa shape index (κ3) is 4.23. The molecule has 5 rings (SSSR count). The summed E-state index contributed by atoms with van der Waals surface area (Å²) < 4.78 is 7.13. The van der Waals surface area contributed by atoms with Crippen LogP contribution in [-0.4, -0.2) is 37.2 Å². The normalized spacial score (nSPS) is 13.3. The topological polar surface area (TPSA) is 98.7 Å². The summed E-state index contributed by atoms with van der Waals surface area (Å²) in [5, 5.41) is 7.49. The van der Waals surface area contributed by atoms with Gasteiger partial charge in [-0.05, 0) is 61.6 Å². The molecule has 4 aromatic rings. The minimum atomic E-state index is -0.106. The largest absolute Gasteiger partial charge is 0.463 e. The van der Waals surface area contributed by atoms with Gasteiger partial charge in [-0.3, -0.25) is 9.78 Å². The second-order valence-corrected chi connectivity index (χ2v) is 7.56. The Hall–Kier alpha value is -3.81. The highest BCUT2D eigenvalue weighted by molar-refractivity contribution is 5.95. The highest BCUT2D eigenvalue weighted by Gasteiger charge is 2.33. The van der Waals surface area contributed by atoms with Crippen LogP contribution in [0.15, 0.2) is 65.8 Å². The zero-order chi connectivity index (χ0) is 21.0. The van der Waals surface area contributed by atoms with Gasteiger partial charge in [0, 0.05) is 31.1 Å². The zero-order valence-corrected chi connectivity index (χ0v) is 16.9. The van der Waals surface area contributed by atoms with Gasteiger partial charge in [0.05, 0.1) is 23.7 Å². The van der Waals surface area contributed by atoms with Crippen molar-refractivity contribution in [1.29, 1.82) is 0 Å². The molecule has 0 aromatic carbocycles. The van der Waals surface area contributed by atoms with Crippen LogP contribution in [0.25, 0.3) is 17.4 Å². The minimum Gasteiger partial charge on any atom is -0.463 e. The van der Waals surface area contributed by atoms with Crippen LogP contribution in [0.3, 0.4) is 0 Å². The molecule has 1 aliphatic rings. The monoisotopic (exact) mass is 414 g/mol. The number of amides is 1. The number of nitrogens with one attached hydrogen (secondary N) is 1. The molecule has 1 fully saturated rings. The summed E-state index contributed by atoms with van der Waals surface area (Å²) in [6.07, 6.45) is 12.3. The molecule has 1 saturated carbocycles. The molecule has 4 heterocycles. The molecule has 4 aromatic heterocycles. The molecular weight excluding hydrogens is 392 g/mol. The van der Waals surface area contributed by atoms with Gasteiger partial charge >= 0.3 is 0 Å². The van der Waals surface area contributed by atoms with Crippen molar-refractivity contribution in [2.24, 2.45) is 0 Å². The maximum absolute atomic E-state index is 12.9. The lowest BCUT2D eigenvalue weighted by atomic mass is 10.1. The predicted molar refractivity (Wildman–Crippen MR) is 114 cm³/mol. The number of hydrogen-bond donors (Lipinski definition) is 1. The van der Waals surface area contributed by atoms with E-state index in [1.54, 1.807) is 41.8 Å². The molecule has 31 heavy (non-hydrogen) atoms. The first-order valence-electron chi connectivity index (χ1n) is 10.4. The second kappa shape index (κ2) is 8.51. The first-order chi connectivity index (χ1) is 15.3. The summed E-state index contributed by atoms with van der Waals surface area (Å²) in [6, 6.07) is 9.44. The lowest BCUT2D eigenvalue weighted by Gasteiger charge is -2.09. The van der Waals surface area contributed by atoms with Gasteiger partial charge in [0.1, 0.15) is 5.69 Å². The van der Waals surface area contributed by atoms with E-state index in [1.807, 2.05) is 24.3 Å². The summed E-state index contributed by atoms with van der Waals surface area (Å²) in [5.74, 6) is 1.30. The van der Waals surface area contributed by atoms with Gasteiger partial charge in [-0.25, -0.2) is 14.6 Å². The summed E-state index contributed by atoms with van der Waals surface area (Å²) in [7, 11) is 0. The average Bonchev–Trinajstić information content (AvgIpc) is 3.32. The lowest BCUT2D eigenvalue weighted by Crippen LogP contribution is -2.25. The Balaban J connectivity index is 1.32. The summed E-state index contributed by atoms with van der Waals surface area (Å²) in [6.45, 7) is 0.598. The number of rotatable bonds is 8. The zero-order valence-electron chi connectivity index (χ0n) is 16.9. The number of nitrogens with zero attached hydrogens (tertiary/aromatic N) is 5. The molecule has 1 N–H and O–H groups in total. The van der Waals surface area contributed by atoms with Crippen LogP contribution >= 0.6 is 0 Å². The summed E-state index contributed by atoms with van der Waals surface area (Å²) in [5.41, 5.74) is 3.36. The molecule has 156 valence electrons. The van der Waals surface area contributed by atoms with E-state index in [4.69, 9.17) is 4.42 Å². The van der Waals surface area contributed by atoms with Crippen LogP contribution in [0.4, 0.5) is 0 Å². The van der Waals surface area contributed by atoms with E-state index >= 15 is 0 Å². The Morgan fingerprint density at radius 2 is 2.03 bits per heavy atom. The van der Waals surface area contributed by atoms with Crippen molar-refractivity contribution in [3.63, 3.8) is 0 Å². The minimum absolute atomic E-state index is 0.106. The van der Waals surface area contributed by atoms with Gasteiger partial charge in [-0.15, -0.1) is 0 Å². The SMILES string of the molecule is O=C(NCCCc1ccncc1)c1cnn(-c2nccc(-c3ccco3)n2)c1C1CC1. The molecule has 8 heteroatoms. The molecule has 0 spiro atoms. The number of aromatic nitrogens is 5. The van der Waals surface area contributed by atoms with Crippen molar-refractivity contribution in [3.8, 4) is 17.4 Å². The first-order valence-corrected chi connectivity index (χ1v) is 10.4. The van der Waals surface area contributed by atoms with E-state index < -0.39 is 0 Å². The molecule has 0 aliphatic heterocycles. The van der Waals surface area contributed by atoms with Crippen molar-refractivity contribution >= 4 is 5.91 Å². The van der Waals surface area contributed by atoms with E-state index in [9.17, 15) is 4.79 Å². The fraction of sp³-hybridized carbons (Fsp3) is 0.261. The van der Waals surface area contributed by atoms with Crippen LogP contribution in [0, 0.1) is 0 Å². The van der Waals surface area contributed by atoms with Crippen molar-refractivity contribution < 1.29 is 9.21 Å². The summed E-state index contributed by atoms with van der Waals surface area (Å²) in [4.78, 5) is 25.9. The molecular formula is C23H22N6O2. The number of pyridine rings is 1. The molecule has 0 radical (unpaired) electrons. The van der Waals surface area contributed by atoms with Gasteiger partial charge < -0.3 is 9.73 Å². The fourth-order valence-corrected chi connectivity index (χ4v) is 3.59. The van der Waals surface area contributed by atoms with Crippen molar-refractivity contribution in [2.75, 3.05) is 6.54 Å². The molecule has 1 aliphatic carbocycles. The van der Waals surface area contributed by atoms with Gasteiger partial charge in [-0.1, -0.05) is 0 Å². The fourth-order valence-electron chi connectivity index (χ4n) is 3.59. The Bertz CT molecular complexity index is 1170. The molecule has 1 amide bonds. The number of carbonyl (C=O) groups excluding carboxylic acids is 1. The maximum Gasteiger partial charge on any atom is 0.254 e. The number of furan rings is 1. The van der Waals surface area contributed by atoms with E-state index in [0.29, 0.717) is 35.4 Å². The van der Waals surface area contributed by atoms with E-state index in [0.717, 1.165) is 31.4 Å². The Morgan fingerprint density at radius 1 is 1.16 bits per heavy atom. The lowest BCUT2D eigenvalue weighted by molar-refractivity contribution is 0.0952. The van der Waals surface area contributed by atoms with Crippen molar-refractivity contribution in [3.05, 3.63) is 78.2 Å². The smallest absolute Gasteiger partial charge is 0.254 e. The molecule has 0 atom stereocenters. The quantitative estimate of drug-likeness (QED) is 0.443. The second-order valence-electron chi connectivity index (χ2n) is 7.56. The Labute approximate surface area is 179 Å². The summed E-state index contributed by atoms with van der Waals surface area (Å²) >= 11 is 0. The number of hydrogen-bond acceptors (Lipinski definition) is 6. The van der Waals surface area contributed by atoms with Crippen LogP contribution < -0.4 is 5.32 Å². The van der Waals surface area contributed by atoms with Crippen LogP contribution in [-0.2, 0) is 6.42 Å². The molecule has 0 bridgehead atoms. The van der Waals surface area contributed by atoms with Crippen LogP contribution in [0.5, 0.6) is 0 Å². The van der Waals surface area contributed by atoms with Crippen molar-refractivity contribution in [1.82, 2.24) is 30.0 Å². The Kier molecular flexibility index (Phi) is 5.26. The third-order valence-corrected chi connectivity index (χ3v) is 5.30. The maximum atomic E-state index is 12.9. The van der Waals surface area contributed by atoms with Gasteiger partial charge in [0.15, 0.2) is 5.76 Å². The van der Waals surface area contributed by atoms with Crippen molar-refractivity contribution in [2.45, 2.75) is 31.6 Å². The first kappa shape index (κ1) is 19.2. The highest BCUT2D eigenvalue weighted by Crippen LogP contribution is 2.42. The molecule has 0 saturated heterocycles. The van der Waals surface area contributed by atoms with Gasteiger partial charge in [0.2, 0.25) is 0 Å². The van der Waals surface area contributed by atoms with Crippen LogP contribution in [0.1, 0.15) is 46.8 Å². The third-order valence-electron chi connectivity index (χ3n) is 5.30. The predicted octanol–water partition coefficient (Wildman–Crippen LogP) is 3.56. The highest BCUT2D eigenvalue weighted by atomic mass is 16.3.